The van der Waals surface area contributed by atoms with Crippen LogP contribution >= 0.6 is 0 Å². The van der Waals surface area contributed by atoms with Gasteiger partial charge in [-0.2, -0.15) is 0 Å². The number of hydrogen-bond acceptors (Lipinski definition) is 4. The molecule has 1 aromatic carbocycles. The van der Waals surface area contributed by atoms with Crippen LogP contribution in [-0.4, -0.2) is 21.6 Å². The summed E-state index contributed by atoms with van der Waals surface area (Å²) in [6.07, 6.45) is 0.959. The van der Waals surface area contributed by atoms with Gasteiger partial charge in [0.15, 0.2) is 0 Å². The van der Waals surface area contributed by atoms with Gasteiger partial charge in [-0.1, -0.05) is 12.1 Å². The summed E-state index contributed by atoms with van der Waals surface area (Å²) in [6.45, 7) is 2.70. The van der Waals surface area contributed by atoms with E-state index in [0.29, 0.717) is 24.5 Å². The average Bonchev–Trinajstić information content (AvgIpc) is 2.38. The molecule has 0 saturated heterocycles. The van der Waals surface area contributed by atoms with Crippen molar-refractivity contribution < 1.29 is 9.50 Å². The number of aliphatic hydroxyl groups is 1. The molecular formula is C14H16FN3O. The first-order chi connectivity index (χ1) is 9.15. The van der Waals surface area contributed by atoms with Crippen molar-refractivity contribution >= 4 is 0 Å². The Morgan fingerprint density at radius 2 is 2.21 bits per heavy atom. The fraction of sp³-hybridized carbons (Fsp3) is 0.286. The van der Waals surface area contributed by atoms with Crippen molar-refractivity contribution in [1.29, 1.82) is 0 Å². The minimum atomic E-state index is -0.737. The predicted octanol–water partition coefficient (Wildman–Crippen LogP) is 1.75. The molecule has 2 aromatic rings. The second-order valence-electron chi connectivity index (χ2n) is 4.30. The van der Waals surface area contributed by atoms with Crippen molar-refractivity contribution in [2.75, 3.05) is 6.54 Å². The molecule has 0 radical (unpaired) electrons. The first-order valence-electron chi connectivity index (χ1n) is 6.08. The summed E-state index contributed by atoms with van der Waals surface area (Å²) in [5, 5.41) is 13.0. The molecular weight excluding hydrogens is 245 g/mol. The quantitative estimate of drug-likeness (QED) is 0.861. The highest BCUT2D eigenvalue weighted by molar-refractivity contribution is 5.19. The van der Waals surface area contributed by atoms with Crippen LogP contribution in [0.3, 0.4) is 0 Å². The van der Waals surface area contributed by atoms with E-state index in [1.165, 1.54) is 12.1 Å². The van der Waals surface area contributed by atoms with Crippen molar-refractivity contribution in [3.63, 3.8) is 0 Å². The summed E-state index contributed by atoms with van der Waals surface area (Å²) in [5.41, 5.74) is 1.42. The van der Waals surface area contributed by atoms with Crippen LogP contribution in [0, 0.1) is 12.7 Å². The van der Waals surface area contributed by atoms with E-state index in [1.807, 2.05) is 13.0 Å². The monoisotopic (exact) mass is 261 g/mol. The lowest BCUT2D eigenvalue weighted by Crippen LogP contribution is -2.21. The molecule has 1 heterocycles. The Kier molecular flexibility index (Phi) is 4.54. The predicted molar refractivity (Wildman–Crippen MR) is 69.8 cm³/mol. The third kappa shape index (κ3) is 4.08. The third-order valence-electron chi connectivity index (χ3n) is 2.71. The zero-order chi connectivity index (χ0) is 13.7. The average molecular weight is 261 g/mol. The molecule has 1 aromatic heterocycles. The van der Waals surface area contributed by atoms with Gasteiger partial charge in [0.1, 0.15) is 11.6 Å². The molecule has 5 heteroatoms. The zero-order valence-corrected chi connectivity index (χ0v) is 10.7. The van der Waals surface area contributed by atoms with Crippen LogP contribution in [0.1, 0.15) is 23.2 Å². The lowest BCUT2D eigenvalue weighted by atomic mass is 10.1. The number of nitrogens with zero attached hydrogens (tertiary/aromatic N) is 2. The summed E-state index contributed by atoms with van der Waals surface area (Å²) in [4.78, 5) is 8.25. The van der Waals surface area contributed by atoms with E-state index in [1.54, 1.807) is 18.3 Å². The number of halogens is 1. The van der Waals surface area contributed by atoms with E-state index in [2.05, 4.69) is 15.3 Å². The van der Waals surface area contributed by atoms with Crippen LogP contribution in [0.5, 0.6) is 0 Å². The van der Waals surface area contributed by atoms with Gasteiger partial charge in [0.25, 0.3) is 0 Å². The summed E-state index contributed by atoms with van der Waals surface area (Å²) < 4.78 is 13.0. The van der Waals surface area contributed by atoms with Gasteiger partial charge in [-0.15, -0.1) is 0 Å². The maximum atomic E-state index is 13.0. The van der Waals surface area contributed by atoms with Crippen LogP contribution in [0.4, 0.5) is 4.39 Å². The third-order valence-corrected chi connectivity index (χ3v) is 2.71. The first-order valence-corrected chi connectivity index (χ1v) is 6.08. The minimum absolute atomic E-state index is 0.340. The Morgan fingerprint density at radius 3 is 2.95 bits per heavy atom. The van der Waals surface area contributed by atoms with Gasteiger partial charge < -0.3 is 10.4 Å². The molecule has 19 heavy (non-hydrogen) atoms. The van der Waals surface area contributed by atoms with Crippen LogP contribution in [0.2, 0.25) is 0 Å². The second kappa shape index (κ2) is 6.36. The molecule has 100 valence electrons. The highest BCUT2D eigenvalue weighted by Gasteiger charge is 2.07. The Balaban J connectivity index is 1.85. The maximum Gasteiger partial charge on any atom is 0.125 e. The van der Waals surface area contributed by atoms with E-state index in [0.717, 1.165) is 5.69 Å². The number of rotatable bonds is 5. The molecule has 0 amide bonds. The fourth-order valence-corrected chi connectivity index (χ4v) is 1.77. The highest BCUT2D eigenvalue weighted by atomic mass is 19.1. The molecule has 0 aliphatic heterocycles. The summed E-state index contributed by atoms with van der Waals surface area (Å²) in [5.74, 6) is 0.368. The molecule has 0 fully saturated rings. The van der Waals surface area contributed by atoms with Gasteiger partial charge in [0, 0.05) is 19.3 Å². The molecule has 0 saturated carbocycles. The Labute approximate surface area is 111 Å². The van der Waals surface area contributed by atoms with Crippen LogP contribution in [-0.2, 0) is 6.54 Å². The lowest BCUT2D eigenvalue weighted by molar-refractivity contribution is 0.174. The Bertz CT molecular complexity index is 548. The van der Waals surface area contributed by atoms with Gasteiger partial charge in [0.05, 0.1) is 11.8 Å². The van der Waals surface area contributed by atoms with E-state index in [9.17, 15) is 9.50 Å². The van der Waals surface area contributed by atoms with Gasteiger partial charge >= 0.3 is 0 Å². The van der Waals surface area contributed by atoms with Gasteiger partial charge in [-0.25, -0.2) is 14.4 Å². The molecule has 2 N–H and O–H groups in total. The van der Waals surface area contributed by atoms with Crippen molar-refractivity contribution in [3.05, 3.63) is 59.4 Å². The number of nitrogens with one attached hydrogen (secondary N) is 1. The van der Waals surface area contributed by atoms with Crippen molar-refractivity contribution in [3.8, 4) is 0 Å². The molecule has 0 aliphatic carbocycles. The normalized spacial score (nSPS) is 12.4. The molecule has 0 aliphatic rings. The van der Waals surface area contributed by atoms with E-state index >= 15 is 0 Å². The smallest absolute Gasteiger partial charge is 0.125 e. The number of benzene rings is 1. The largest absolute Gasteiger partial charge is 0.387 e. The molecule has 2 rings (SSSR count). The van der Waals surface area contributed by atoms with Gasteiger partial charge in [-0.3, -0.25) is 0 Å². The first kappa shape index (κ1) is 13.6. The Morgan fingerprint density at radius 1 is 1.37 bits per heavy atom. The molecule has 4 nitrogen and oxygen atoms in total. The summed E-state index contributed by atoms with van der Waals surface area (Å²) >= 11 is 0. The minimum Gasteiger partial charge on any atom is -0.387 e. The standard InChI is InChI=1S/C14H16FN3O/c1-10-17-6-5-13(18-10)8-16-9-14(19)11-3-2-4-12(15)7-11/h2-7,14,16,19H,8-9H2,1H3. The lowest BCUT2D eigenvalue weighted by Gasteiger charge is -2.12. The molecule has 1 unspecified atom stereocenters. The zero-order valence-electron chi connectivity index (χ0n) is 10.7. The number of aryl methyl sites for hydroxylation is 1. The van der Waals surface area contributed by atoms with Crippen molar-refractivity contribution in [2.24, 2.45) is 0 Å². The summed E-state index contributed by atoms with van der Waals surface area (Å²) in [7, 11) is 0. The number of hydrogen-bond donors (Lipinski definition) is 2. The van der Waals surface area contributed by atoms with Crippen LogP contribution in [0.25, 0.3) is 0 Å². The number of aromatic nitrogens is 2. The number of aliphatic hydroxyl groups excluding tert-OH is 1. The van der Waals surface area contributed by atoms with Crippen molar-refractivity contribution in [1.82, 2.24) is 15.3 Å². The van der Waals surface area contributed by atoms with E-state index in [-0.39, 0.29) is 5.82 Å². The highest BCUT2D eigenvalue weighted by Crippen LogP contribution is 2.13. The fourth-order valence-electron chi connectivity index (χ4n) is 1.77. The molecule has 0 spiro atoms. The molecule has 1 atom stereocenters. The van der Waals surface area contributed by atoms with E-state index in [4.69, 9.17) is 0 Å². The summed E-state index contributed by atoms with van der Waals surface area (Å²) in [6, 6.07) is 7.79. The van der Waals surface area contributed by atoms with Crippen molar-refractivity contribution in [2.45, 2.75) is 19.6 Å². The van der Waals surface area contributed by atoms with Gasteiger partial charge in [0.2, 0.25) is 0 Å². The second-order valence-corrected chi connectivity index (χ2v) is 4.30. The molecule has 0 bridgehead atoms. The van der Waals surface area contributed by atoms with Gasteiger partial charge in [-0.05, 0) is 30.7 Å². The Hall–Kier alpha value is -1.85. The van der Waals surface area contributed by atoms with Crippen LogP contribution < -0.4 is 5.32 Å². The maximum absolute atomic E-state index is 13.0. The SMILES string of the molecule is Cc1nccc(CNCC(O)c2cccc(F)c2)n1. The topological polar surface area (TPSA) is 58.0 Å². The van der Waals surface area contributed by atoms with Crippen LogP contribution in [0.15, 0.2) is 36.5 Å². The van der Waals surface area contributed by atoms with E-state index < -0.39 is 6.10 Å².